The van der Waals surface area contributed by atoms with E-state index in [0.29, 0.717) is 12.2 Å². The molecule has 8 heteroatoms. The van der Waals surface area contributed by atoms with E-state index < -0.39 is 20.5 Å². The molecule has 140 valence electrons. The maximum atomic E-state index is 12.4. The van der Waals surface area contributed by atoms with Crippen molar-refractivity contribution in [2.75, 3.05) is 11.9 Å². The van der Waals surface area contributed by atoms with Crippen LogP contribution in [0.25, 0.3) is 0 Å². The van der Waals surface area contributed by atoms with Crippen molar-refractivity contribution in [2.45, 2.75) is 37.8 Å². The van der Waals surface area contributed by atoms with E-state index in [9.17, 15) is 18.5 Å². The van der Waals surface area contributed by atoms with E-state index in [4.69, 9.17) is 0 Å². The number of nitro benzene ring substituents is 1. The fourth-order valence-electron chi connectivity index (χ4n) is 2.54. The van der Waals surface area contributed by atoms with E-state index >= 15 is 0 Å². The summed E-state index contributed by atoms with van der Waals surface area (Å²) in [5, 5.41) is 11.5. The molecular weight excluding hydrogens is 354 g/mol. The summed E-state index contributed by atoms with van der Waals surface area (Å²) >= 11 is 0. The molecule has 0 amide bonds. The summed E-state index contributed by atoms with van der Waals surface area (Å²) in [7, 11) is -2.12. The predicted octanol–water partition coefficient (Wildman–Crippen LogP) is 3.31. The lowest BCUT2D eigenvalue weighted by Crippen LogP contribution is -2.40. The Morgan fingerprint density at radius 3 is 2.27 bits per heavy atom. The van der Waals surface area contributed by atoms with Crippen LogP contribution in [0.4, 0.5) is 11.4 Å². The molecular formula is C18H23N3O4S. The number of anilines is 1. The molecule has 1 N–H and O–H groups in total. The van der Waals surface area contributed by atoms with E-state index in [0.717, 1.165) is 11.6 Å². The van der Waals surface area contributed by atoms with Crippen LogP contribution in [0.5, 0.6) is 0 Å². The molecule has 0 aromatic heterocycles. The van der Waals surface area contributed by atoms with Crippen LogP contribution in [-0.4, -0.2) is 25.9 Å². The average molecular weight is 377 g/mol. The summed E-state index contributed by atoms with van der Waals surface area (Å²) in [6.45, 7) is 5.59. The first-order valence-electron chi connectivity index (χ1n) is 8.07. The molecule has 7 nitrogen and oxygen atoms in total. The van der Waals surface area contributed by atoms with Crippen molar-refractivity contribution in [3.05, 3.63) is 64.2 Å². The molecule has 0 spiro atoms. The van der Waals surface area contributed by atoms with Gasteiger partial charge in [0.25, 0.3) is 5.69 Å². The lowest BCUT2D eigenvalue weighted by Gasteiger charge is -2.22. The molecule has 0 saturated heterocycles. The van der Waals surface area contributed by atoms with Gasteiger partial charge in [0.15, 0.2) is 0 Å². The molecule has 0 bridgehead atoms. The highest BCUT2D eigenvalue weighted by Gasteiger charge is 2.26. The number of hydrogen-bond donors (Lipinski definition) is 1. The quantitative estimate of drug-likeness (QED) is 0.616. The molecule has 2 aromatic carbocycles. The third-order valence-corrected chi connectivity index (χ3v) is 5.32. The minimum Gasteiger partial charge on any atom is -0.365 e. The first kappa shape index (κ1) is 19.9. The monoisotopic (exact) mass is 377 g/mol. The SMILES string of the molecule is CN(Cc1ccccc1)c1ccc(S(=O)(=O)NC(C)(C)C)cc1[N+](=O)[O-]. The zero-order valence-electron chi connectivity index (χ0n) is 15.3. The molecule has 0 aliphatic rings. The van der Waals surface area contributed by atoms with Crippen LogP contribution in [0, 0.1) is 10.1 Å². The van der Waals surface area contributed by atoms with Crippen LogP contribution in [0.1, 0.15) is 26.3 Å². The van der Waals surface area contributed by atoms with Gasteiger partial charge in [-0.25, -0.2) is 13.1 Å². The summed E-state index contributed by atoms with van der Waals surface area (Å²) in [5.74, 6) is 0. The van der Waals surface area contributed by atoms with E-state index in [1.54, 1.807) is 32.7 Å². The number of nitro groups is 1. The minimum atomic E-state index is -3.85. The maximum absolute atomic E-state index is 12.4. The Morgan fingerprint density at radius 1 is 1.12 bits per heavy atom. The van der Waals surface area contributed by atoms with Crippen molar-refractivity contribution in [3.8, 4) is 0 Å². The number of benzene rings is 2. The van der Waals surface area contributed by atoms with Crippen LogP contribution in [0.2, 0.25) is 0 Å². The molecule has 0 aliphatic carbocycles. The van der Waals surface area contributed by atoms with Gasteiger partial charge in [0.2, 0.25) is 10.0 Å². The fraction of sp³-hybridized carbons (Fsp3) is 0.333. The smallest absolute Gasteiger partial charge is 0.293 e. The lowest BCUT2D eigenvalue weighted by atomic mass is 10.1. The van der Waals surface area contributed by atoms with Gasteiger partial charge in [0, 0.05) is 25.2 Å². The molecule has 0 aliphatic heterocycles. The standard InChI is InChI=1S/C18H23N3O4S/c1-18(2,3)19-26(24,25)15-10-11-16(17(12-15)21(22)23)20(4)13-14-8-6-5-7-9-14/h5-12,19H,13H2,1-4H3. The number of hydrogen-bond acceptors (Lipinski definition) is 5. The molecule has 0 radical (unpaired) electrons. The van der Waals surface area contributed by atoms with E-state index in [-0.39, 0.29) is 10.6 Å². The average Bonchev–Trinajstić information content (AvgIpc) is 2.53. The van der Waals surface area contributed by atoms with Crippen molar-refractivity contribution in [3.63, 3.8) is 0 Å². The molecule has 26 heavy (non-hydrogen) atoms. The topological polar surface area (TPSA) is 92.6 Å². The van der Waals surface area contributed by atoms with Gasteiger partial charge >= 0.3 is 0 Å². The van der Waals surface area contributed by atoms with Gasteiger partial charge in [0.05, 0.1) is 9.82 Å². The molecule has 0 atom stereocenters. The normalized spacial score (nSPS) is 12.0. The second kappa shape index (κ2) is 7.43. The minimum absolute atomic E-state index is 0.129. The zero-order chi connectivity index (χ0) is 19.5. The second-order valence-electron chi connectivity index (χ2n) is 7.10. The van der Waals surface area contributed by atoms with Gasteiger partial charge in [0.1, 0.15) is 5.69 Å². The molecule has 0 saturated carbocycles. The molecule has 0 unspecified atom stereocenters. The Kier molecular flexibility index (Phi) is 5.68. The van der Waals surface area contributed by atoms with E-state index in [1.807, 2.05) is 30.3 Å². The summed E-state index contributed by atoms with van der Waals surface area (Å²) in [6.07, 6.45) is 0. The molecule has 2 rings (SSSR count). The van der Waals surface area contributed by atoms with Crippen molar-refractivity contribution in [1.82, 2.24) is 4.72 Å². The lowest BCUT2D eigenvalue weighted by molar-refractivity contribution is -0.384. The summed E-state index contributed by atoms with van der Waals surface area (Å²) < 4.78 is 27.4. The number of sulfonamides is 1. The van der Waals surface area contributed by atoms with Gasteiger partial charge in [-0.15, -0.1) is 0 Å². The first-order valence-corrected chi connectivity index (χ1v) is 9.55. The van der Waals surface area contributed by atoms with E-state index in [1.165, 1.54) is 12.1 Å². The maximum Gasteiger partial charge on any atom is 0.293 e. The van der Waals surface area contributed by atoms with Crippen LogP contribution >= 0.6 is 0 Å². The summed E-state index contributed by atoms with van der Waals surface area (Å²) in [5.41, 5.74) is 0.417. The van der Waals surface area contributed by atoms with Crippen molar-refractivity contribution < 1.29 is 13.3 Å². The van der Waals surface area contributed by atoms with Gasteiger partial charge in [-0.2, -0.15) is 0 Å². The first-order chi connectivity index (χ1) is 12.0. The Hall–Kier alpha value is -2.45. The van der Waals surface area contributed by atoms with Crippen LogP contribution < -0.4 is 9.62 Å². The van der Waals surface area contributed by atoms with Crippen LogP contribution in [-0.2, 0) is 16.6 Å². The van der Waals surface area contributed by atoms with Crippen molar-refractivity contribution in [1.29, 1.82) is 0 Å². The van der Waals surface area contributed by atoms with Crippen LogP contribution in [0.15, 0.2) is 53.4 Å². The van der Waals surface area contributed by atoms with Gasteiger partial charge < -0.3 is 4.90 Å². The summed E-state index contributed by atoms with van der Waals surface area (Å²) in [6, 6.07) is 13.5. The molecule has 0 heterocycles. The van der Waals surface area contributed by atoms with Gasteiger partial charge in [-0.3, -0.25) is 10.1 Å². The second-order valence-corrected chi connectivity index (χ2v) is 8.79. The third kappa shape index (κ3) is 5.03. The predicted molar refractivity (Wildman–Crippen MR) is 102 cm³/mol. The zero-order valence-corrected chi connectivity index (χ0v) is 16.1. The Labute approximate surface area is 153 Å². The highest BCUT2D eigenvalue weighted by Crippen LogP contribution is 2.31. The van der Waals surface area contributed by atoms with Gasteiger partial charge in [-0.1, -0.05) is 30.3 Å². The highest BCUT2D eigenvalue weighted by molar-refractivity contribution is 7.89. The number of nitrogens with zero attached hydrogens (tertiary/aromatic N) is 2. The fourth-order valence-corrected chi connectivity index (χ4v) is 3.98. The Balaban J connectivity index is 2.39. The van der Waals surface area contributed by atoms with Crippen LogP contribution in [0.3, 0.4) is 0 Å². The Morgan fingerprint density at radius 2 is 1.73 bits per heavy atom. The highest BCUT2D eigenvalue weighted by atomic mass is 32.2. The Bertz CT molecular complexity index is 890. The number of rotatable bonds is 6. The number of nitrogens with one attached hydrogen (secondary N) is 1. The van der Waals surface area contributed by atoms with Crippen molar-refractivity contribution >= 4 is 21.4 Å². The third-order valence-electron chi connectivity index (χ3n) is 3.57. The van der Waals surface area contributed by atoms with Gasteiger partial charge in [-0.05, 0) is 38.5 Å². The molecule has 2 aromatic rings. The molecule has 0 fully saturated rings. The largest absolute Gasteiger partial charge is 0.365 e. The van der Waals surface area contributed by atoms with E-state index in [2.05, 4.69) is 4.72 Å². The van der Waals surface area contributed by atoms with Crippen molar-refractivity contribution in [2.24, 2.45) is 0 Å². The summed E-state index contributed by atoms with van der Waals surface area (Å²) in [4.78, 5) is 12.5.